The molecule has 0 saturated carbocycles. The molecule has 0 aliphatic rings. The van der Waals surface area contributed by atoms with Gasteiger partial charge in [-0.25, -0.2) is 4.98 Å². The van der Waals surface area contributed by atoms with Crippen molar-refractivity contribution in [3.63, 3.8) is 0 Å². The Hall–Kier alpha value is -1.78. The van der Waals surface area contributed by atoms with Crippen LogP contribution in [0.25, 0.3) is 0 Å². The van der Waals surface area contributed by atoms with E-state index in [-0.39, 0.29) is 16.7 Å². The maximum atomic E-state index is 7.42. The van der Waals surface area contributed by atoms with Crippen molar-refractivity contribution in [3.05, 3.63) is 51.6 Å². The normalized spacial score (nSPS) is 10.3. The number of hydrogen-bond donors (Lipinski definition) is 2. The maximum Gasteiger partial charge on any atom is 0.238 e. The van der Waals surface area contributed by atoms with Gasteiger partial charge in [0, 0.05) is 16.8 Å². The number of nitrogens with one attached hydrogen (secondary N) is 1. The van der Waals surface area contributed by atoms with E-state index in [1.54, 1.807) is 24.3 Å². The van der Waals surface area contributed by atoms with Gasteiger partial charge in [0.15, 0.2) is 0 Å². The number of aryl methyl sites for hydroxylation is 1. The lowest BCUT2D eigenvalue weighted by Gasteiger charge is -2.11. The van der Waals surface area contributed by atoms with Crippen molar-refractivity contribution >= 4 is 29.0 Å². The molecule has 1 heterocycles. The molecular weight excluding hydrogens is 285 g/mol. The number of nitrogens with two attached hydrogens (primary N) is 1. The van der Waals surface area contributed by atoms with Gasteiger partial charge in [0.2, 0.25) is 5.88 Å². The summed E-state index contributed by atoms with van der Waals surface area (Å²) in [6, 6.07) is 6.79. The third-order valence-electron chi connectivity index (χ3n) is 2.49. The highest BCUT2D eigenvalue weighted by Gasteiger charge is 2.12. The summed E-state index contributed by atoms with van der Waals surface area (Å²) in [5.74, 6) is 0.671. The first-order valence-electron chi connectivity index (χ1n) is 5.42. The Morgan fingerprint density at radius 3 is 2.68 bits per heavy atom. The minimum absolute atomic E-state index is 0.134. The quantitative estimate of drug-likeness (QED) is 0.669. The van der Waals surface area contributed by atoms with Crippen molar-refractivity contribution in [3.8, 4) is 11.6 Å². The Kier molecular flexibility index (Phi) is 3.93. The monoisotopic (exact) mass is 295 g/mol. The van der Waals surface area contributed by atoms with E-state index in [1.165, 1.54) is 6.20 Å². The first kappa shape index (κ1) is 13.6. The summed E-state index contributed by atoms with van der Waals surface area (Å²) in [5, 5.41) is 8.25. The lowest BCUT2D eigenvalue weighted by Crippen LogP contribution is -2.12. The summed E-state index contributed by atoms with van der Waals surface area (Å²) in [7, 11) is 0. The average molecular weight is 296 g/mol. The van der Waals surface area contributed by atoms with Gasteiger partial charge in [-0.15, -0.1) is 0 Å². The molecule has 0 amide bonds. The Balaban J connectivity index is 2.38. The van der Waals surface area contributed by atoms with Crippen LogP contribution in [-0.4, -0.2) is 10.8 Å². The second kappa shape index (κ2) is 5.47. The van der Waals surface area contributed by atoms with Crippen LogP contribution in [-0.2, 0) is 0 Å². The van der Waals surface area contributed by atoms with Crippen LogP contribution in [0.15, 0.2) is 30.5 Å². The van der Waals surface area contributed by atoms with E-state index in [4.69, 9.17) is 39.1 Å². The molecule has 0 atom stereocenters. The van der Waals surface area contributed by atoms with E-state index in [0.29, 0.717) is 16.3 Å². The zero-order valence-corrected chi connectivity index (χ0v) is 11.6. The van der Waals surface area contributed by atoms with Gasteiger partial charge < -0.3 is 10.5 Å². The second-order valence-corrected chi connectivity index (χ2v) is 4.72. The van der Waals surface area contributed by atoms with Crippen molar-refractivity contribution in [2.45, 2.75) is 6.92 Å². The largest absolute Gasteiger partial charge is 0.437 e. The van der Waals surface area contributed by atoms with Crippen LogP contribution >= 0.6 is 23.2 Å². The lowest BCUT2D eigenvalue weighted by molar-refractivity contribution is 0.459. The number of pyridine rings is 1. The molecular formula is C13H11Cl2N3O. The maximum absolute atomic E-state index is 7.42. The van der Waals surface area contributed by atoms with E-state index >= 15 is 0 Å². The summed E-state index contributed by atoms with van der Waals surface area (Å²) in [6.45, 7) is 1.87. The van der Waals surface area contributed by atoms with Gasteiger partial charge in [0.25, 0.3) is 0 Å². The molecule has 4 nitrogen and oxygen atoms in total. The van der Waals surface area contributed by atoms with E-state index in [1.807, 2.05) is 6.92 Å². The molecule has 0 bridgehead atoms. The molecule has 6 heteroatoms. The lowest BCUT2D eigenvalue weighted by atomic mass is 10.2. The SMILES string of the molecule is Cc1cc(Cl)ccc1Oc1nccc(C(=N)N)c1Cl. The zero-order valence-electron chi connectivity index (χ0n) is 10.1. The number of halogens is 2. The molecule has 1 aromatic carbocycles. The van der Waals surface area contributed by atoms with Crippen LogP contribution in [0.1, 0.15) is 11.1 Å². The number of nitrogens with zero attached hydrogens (tertiary/aromatic N) is 1. The van der Waals surface area contributed by atoms with Gasteiger partial charge in [-0.05, 0) is 36.8 Å². The first-order valence-corrected chi connectivity index (χ1v) is 6.17. The van der Waals surface area contributed by atoms with Crippen molar-refractivity contribution in [2.75, 3.05) is 0 Å². The Labute approximate surface area is 120 Å². The minimum atomic E-state index is -0.134. The fourth-order valence-electron chi connectivity index (χ4n) is 1.54. The van der Waals surface area contributed by atoms with E-state index in [0.717, 1.165) is 5.56 Å². The van der Waals surface area contributed by atoms with Crippen molar-refractivity contribution in [2.24, 2.45) is 5.73 Å². The van der Waals surface area contributed by atoms with Gasteiger partial charge >= 0.3 is 0 Å². The predicted octanol–water partition coefficient (Wildman–Crippen LogP) is 3.77. The fourth-order valence-corrected chi connectivity index (χ4v) is 2.01. The van der Waals surface area contributed by atoms with Gasteiger partial charge in [0.1, 0.15) is 16.6 Å². The predicted molar refractivity (Wildman–Crippen MR) is 76.5 cm³/mol. The Bertz CT molecular complexity index is 644. The smallest absolute Gasteiger partial charge is 0.238 e. The molecule has 2 aromatic rings. The average Bonchev–Trinajstić information content (AvgIpc) is 2.34. The minimum Gasteiger partial charge on any atom is -0.437 e. The van der Waals surface area contributed by atoms with Crippen LogP contribution in [0.2, 0.25) is 10.0 Å². The molecule has 0 radical (unpaired) electrons. The number of nitrogen functional groups attached to an aromatic ring is 1. The molecule has 0 spiro atoms. The highest BCUT2D eigenvalue weighted by atomic mass is 35.5. The number of hydrogen-bond acceptors (Lipinski definition) is 3. The van der Waals surface area contributed by atoms with Gasteiger partial charge in [-0.2, -0.15) is 0 Å². The van der Waals surface area contributed by atoms with Crippen LogP contribution in [0.5, 0.6) is 11.6 Å². The van der Waals surface area contributed by atoms with Gasteiger partial charge in [-0.3, -0.25) is 5.41 Å². The molecule has 2 rings (SSSR count). The van der Waals surface area contributed by atoms with Crippen LogP contribution in [0.4, 0.5) is 0 Å². The summed E-state index contributed by atoms with van der Waals surface area (Å²) < 4.78 is 5.63. The first-order chi connectivity index (χ1) is 8.99. The van der Waals surface area contributed by atoms with Crippen molar-refractivity contribution in [1.82, 2.24) is 4.98 Å². The van der Waals surface area contributed by atoms with E-state index < -0.39 is 0 Å². The molecule has 0 fully saturated rings. The number of rotatable bonds is 3. The highest BCUT2D eigenvalue weighted by molar-refractivity contribution is 6.35. The topological polar surface area (TPSA) is 72.0 Å². The molecule has 19 heavy (non-hydrogen) atoms. The van der Waals surface area contributed by atoms with Crippen molar-refractivity contribution in [1.29, 1.82) is 5.41 Å². The molecule has 0 unspecified atom stereocenters. The zero-order chi connectivity index (χ0) is 14.0. The standard InChI is InChI=1S/C13H11Cl2N3O/c1-7-6-8(14)2-3-10(7)19-13-11(15)9(12(16)17)4-5-18-13/h2-6H,1H3,(H3,16,17). The highest BCUT2D eigenvalue weighted by Crippen LogP contribution is 2.32. The molecule has 98 valence electrons. The number of benzene rings is 1. The van der Waals surface area contributed by atoms with Crippen LogP contribution in [0.3, 0.4) is 0 Å². The molecule has 0 aliphatic heterocycles. The summed E-state index contributed by atoms with van der Waals surface area (Å²) in [6.07, 6.45) is 1.49. The molecule has 1 aromatic heterocycles. The van der Waals surface area contributed by atoms with Gasteiger partial charge in [-0.1, -0.05) is 23.2 Å². The number of ether oxygens (including phenoxy) is 1. The van der Waals surface area contributed by atoms with E-state index in [9.17, 15) is 0 Å². The molecule has 0 saturated heterocycles. The fraction of sp³-hybridized carbons (Fsp3) is 0.0769. The molecule has 3 N–H and O–H groups in total. The van der Waals surface area contributed by atoms with E-state index in [2.05, 4.69) is 4.98 Å². The summed E-state index contributed by atoms with van der Waals surface area (Å²) in [5.41, 5.74) is 6.67. The summed E-state index contributed by atoms with van der Waals surface area (Å²) >= 11 is 12.0. The van der Waals surface area contributed by atoms with Gasteiger partial charge in [0.05, 0.1) is 0 Å². The third kappa shape index (κ3) is 2.97. The second-order valence-electron chi connectivity index (χ2n) is 3.90. The Morgan fingerprint density at radius 2 is 2.05 bits per heavy atom. The van der Waals surface area contributed by atoms with Crippen molar-refractivity contribution < 1.29 is 4.74 Å². The number of amidine groups is 1. The van der Waals surface area contributed by atoms with Crippen LogP contribution in [0, 0.1) is 12.3 Å². The Morgan fingerprint density at radius 1 is 1.32 bits per heavy atom. The van der Waals surface area contributed by atoms with Crippen LogP contribution < -0.4 is 10.5 Å². The molecule has 0 aliphatic carbocycles. The summed E-state index contributed by atoms with van der Waals surface area (Å²) in [4.78, 5) is 4.04. The third-order valence-corrected chi connectivity index (χ3v) is 3.09. The number of aromatic nitrogens is 1.